The highest BCUT2D eigenvalue weighted by Crippen LogP contribution is 2.28. The number of nitrogens with zero attached hydrogens (tertiary/aromatic N) is 3. The zero-order valence-electron chi connectivity index (χ0n) is 16.3. The summed E-state index contributed by atoms with van der Waals surface area (Å²) < 4.78 is 27.7. The molecule has 2 aromatic rings. The van der Waals surface area contributed by atoms with Gasteiger partial charge in [0.25, 0.3) is 5.91 Å². The van der Waals surface area contributed by atoms with Crippen LogP contribution in [0.4, 0.5) is 5.69 Å². The van der Waals surface area contributed by atoms with Gasteiger partial charge in [-0.05, 0) is 49.8 Å². The number of amides is 1. The number of hydrogen-bond acceptors (Lipinski definition) is 6. The number of carbonyl (C=O) groups is 1. The van der Waals surface area contributed by atoms with Crippen LogP contribution in [0.2, 0.25) is 5.02 Å². The molecule has 1 aliphatic rings. The van der Waals surface area contributed by atoms with Gasteiger partial charge in [-0.3, -0.25) is 4.79 Å². The molecule has 29 heavy (non-hydrogen) atoms. The molecule has 0 bridgehead atoms. The van der Waals surface area contributed by atoms with Gasteiger partial charge in [0.15, 0.2) is 10.9 Å². The molecule has 1 N–H and O–H groups in total. The average Bonchev–Trinajstić information content (AvgIpc) is 2.74. The van der Waals surface area contributed by atoms with Gasteiger partial charge in [0.05, 0.1) is 16.1 Å². The lowest BCUT2D eigenvalue weighted by Gasteiger charge is -2.34. The van der Waals surface area contributed by atoms with Gasteiger partial charge in [-0.2, -0.15) is 4.31 Å². The number of carbonyl (C=O) groups excluding carboxylic acids is 1. The minimum Gasteiger partial charge on any atom is -0.321 e. The lowest BCUT2D eigenvalue weighted by molar-refractivity contribution is 0.102. The summed E-state index contributed by atoms with van der Waals surface area (Å²) in [4.78, 5) is 20.9. The van der Waals surface area contributed by atoms with E-state index in [1.807, 2.05) is 6.92 Å². The first kappa shape index (κ1) is 22.0. The van der Waals surface area contributed by atoms with E-state index in [4.69, 9.17) is 11.6 Å². The Morgan fingerprint density at radius 1 is 1.31 bits per heavy atom. The fraction of sp³-hybridized carbons (Fsp3) is 0.421. The highest BCUT2D eigenvalue weighted by Gasteiger charge is 2.32. The molecule has 2 heterocycles. The van der Waals surface area contributed by atoms with Crippen LogP contribution < -0.4 is 5.32 Å². The van der Waals surface area contributed by atoms with Crippen LogP contribution in [0.1, 0.15) is 43.1 Å². The van der Waals surface area contributed by atoms with Crippen LogP contribution in [0.25, 0.3) is 0 Å². The average molecular weight is 455 g/mol. The predicted octanol–water partition coefficient (Wildman–Crippen LogP) is 4.06. The van der Waals surface area contributed by atoms with E-state index < -0.39 is 15.9 Å². The van der Waals surface area contributed by atoms with Crippen LogP contribution in [0.3, 0.4) is 0 Å². The molecule has 0 saturated carbocycles. The summed E-state index contributed by atoms with van der Waals surface area (Å²) in [7, 11) is -3.56. The lowest BCUT2D eigenvalue weighted by Crippen LogP contribution is -2.43. The Morgan fingerprint density at radius 3 is 2.69 bits per heavy atom. The smallest absolute Gasteiger partial charge is 0.275 e. The van der Waals surface area contributed by atoms with E-state index >= 15 is 0 Å². The Hall–Kier alpha value is -1.68. The standard InChI is InChI=1S/C19H23ClN4O3S2/c1-3-14-6-4-5-11-24(14)29(26,27)15-9-7-13(8-10-15)22-18(25)17-16(20)12-21-19(23-17)28-2/h7-10,12,14H,3-6,11H2,1-2H3,(H,22,25)/t14-/m0/s1. The molecule has 1 aliphatic heterocycles. The molecular formula is C19H23ClN4O3S2. The molecule has 10 heteroatoms. The molecule has 1 fully saturated rings. The second-order valence-corrected chi connectivity index (χ2v) is 9.78. The Kier molecular flexibility index (Phi) is 7.15. The van der Waals surface area contributed by atoms with Crippen molar-refractivity contribution in [2.75, 3.05) is 18.1 Å². The third kappa shape index (κ3) is 4.91. The van der Waals surface area contributed by atoms with Crippen molar-refractivity contribution in [3.63, 3.8) is 0 Å². The Balaban J connectivity index is 1.77. The molecule has 0 aliphatic carbocycles. The van der Waals surface area contributed by atoms with Crippen LogP contribution in [-0.4, -0.2) is 47.4 Å². The summed E-state index contributed by atoms with van der Waals surface area (Å²) >= 11 is 7.34. The molecular weight excluding hydrogens is 432 g/mol. The van der Waals surface area contributed by atoms with Crippen LogP contribution in [0, 0.1) is 0 Å². The predicted molar refractivity (Wildman–Crippen MR) is 115 cm³/mol. The summed E-state index contributed by atoms with van der Waals surface area (Å²) in [5.41, 5.74) is 0.529. The van der Waals surface area contributed by atoms with Gasteiger partial charge in [0.2, 0.25) is 10.0 Å². The molecule has 3 rings (SSSR count). The minimum absolute atomic E-state index is 0.0404. The van der Waals surface area contributed by atoms with E-state index in [-0.39, 0.29) is 21.7 Å². The number of sulfonamides is 1. The third-order valence-electron chi connectivity index (χ3n) is 4.88. The van der Waals surface area contributed by atoms with Gasteiger partial charge in [0, 0.05) is 18.3 Å². The highest BCUT2D eigenvalue weighted by molar-refractivity contribution is 7.98. The maximum Gasteiger partial charge on any atom is 0.275 e. The molecule has 1 aromatic carbocycles. The SMILES string of the molecule is CC[C@H]1CCCCN1S(=O)(=O)c1ccc(NC(=O)c2nc(SC)ncc2Cl)cc1. The Labute approximate surface area is 180 Å². The maximum atomic E-state index is 13.0. The molecule has 1 aromatic heterocycles. The molecule has 0 radical (unpaired) electrons. The number of hydrogen-bond donors (Lipinski definition) is 1. The van der Waals surface area contributed by atoms with E-state index in [1.54, 1.807) is 22.7 Å². The second-order valence-electron chi connectivity index (χ2n) is 6.71. The zero-order chi connectivity index (χ0) is 21.0. The van der Waals surface area contributed by atoms with E-state index in [1.165, 1.54) is 30.1 Å². The molecule has 7 nitrogen and oxygen atoms in total. The van der Waals surface area contributed by atoms with Gasteiger partial charge in [-0.25, -0.2) is 18.4 Å². The zero-order valence-corrected chi connectivity index (χ0v) is 18.6. The van der Waals surface area contributed by atoms with Crippen molar-refractivity contribution in [3.05, 3.63) is 41.2 Å². The number of rotatable bonds is 6. The second kappa shape index (κ2) is 9.42. The summed E-state index contributed by atoms with van der Waals surface area (Å²) in [6, 6.07) is 6.21. The van der Waals surface area contributed by atoms with Gasteiger partial charge < -0.3 is 5.32 Å². The summed E-state index contributed by atoms with van der Waals surface area (Å²) in [5, 5.41) is 3.28. The number of aromatic nitrogens is 2. The number of halogens is 1. The first-order valence-electron chi connectivity index (χ1n) is 9.36. The van der Waals surface area contributed by atoms with Crippen LogP contribution in [0.15, 0.2) is 40.5 Å². The van der Waals surface area contributed by atoms with Crippen molar-refractivity contribution in [3.8, 4) is 0 Å². The summed E-state index contributed by atoms with van der Waals surface area (Å²) in [6.07, 6.45) is 6.80. The van der Waals surface area contributed by atoms with Gasteiger partial charge >= 0.3 is 0 Å². The van der Waals surface area contributed by atoms with Crippen molar-refractivity contribution >= 4 is 45.0 Å². The number of benzene rings is 1. The van der Waals surface area contributed by atoms with Crippen LogP contribution >= 0.6 is 23.4 Å². The third-order valence-corrected chi connectivity index (χ3v) is 7.69. The normalized spacial score (nSPS) is 17.8. The van der Waals surface area contributed by atoms with Crippen molar-refractivity contribution in [1.82, 2.24) is 14.3 Å². The van der Waals surface area contributed by atoms with Crippen molar-refractivity contribution < 1.29 is 13.2 Å². The summed E-state index contributed by atoms with van der Waals surface area (Å²) in [6.45, 7) is 2.56. The van der Waals surface area contributed by atoms with Gasteiger partial charge in [-0.15, -0.1) is 0 Å². The number of anilines is 1. The van der Waals surface area contributed by atoms with Crippen LogP contribution in [0.5, 0.6) is 0 Å². The van der Waals surface area contributed by atoms with Gasteiger partial charge in [0.1, 0.15) is 0 Å². The molecule has 1 saturated heterocycles. The number of nitrogens with one attached hydrogen (secondary N) is 1. The maximum absolute atomic E-state index is 13.0. The summed E-state index contributed by atoms with van der Waals surface area (Å²) in [5.74, 6) is -0.481. The first-order chi connectivity index (χ1) is 13.9. The monoisotopic (exact) mass is 454 g/mol. The van der Waals surface area contributed by atoms with E-state index in [2.05, 4.69) is 15.3 Å². The van der Waals surface area contributed by atoms with E-state index in [9.17, 15) is 13.2 Å². The fourth-order valence-electron chi connectivity index (χ4n) is 3.34. The number of thioether (sulfide) groups is 1. The topological polar surface area (TPSA) is 92.3 Å². The molecule has 156 valence electrons. The Morgan fingerprint density at radius 2 is 2.03 bits per heavy atom. The van der Waals surface area contributed by atoms with Crippen LogP contribution in [-0.2, 0) is 10.0 Å². The minimum atomic E-state index is -3.56. The largest absolute Gasteiger partial charge is 0.321 e. The van der Waals surface area contributed by atoms with Gasteiger partial charge in [-0.1, -0.05) is 36.7 Å². The highest BCUT2D eigenvalue weighted by atomic mass is 35.5. The van der Waals surface area contributed by atoms with E-state index in [0.29, 0.717) is 17.4 Å². The molecule has 1 atom stereocenters. The fourth-order valence-corrected chi connectivity index (χ4v) is 5.63. The molecule has 0 spiro atoms. The van der Waals surface area contributed by atoms with E-state index in [0.717, 1.165) is 25.7 Å². The Bertz CT molecular complexity index is 983. The first-order valence-corrected chi connectivity index (χ1v) is 12.4. The number of piperidine rings is 1. The van der Waals surface area contributed by atoms with Crippen molar-refractivity contribution in [2.24, 2.45) is 0 Å². The molecule has 1 amide bonds. The van der Waals surface area contributed by atoms with Crippen molar-refractivity contribution in [1.29, 1.82) is 0 Å². The van der Waals surface area contributed by atoms with Crippen molar-refractivity contribution in [2.45, 2.75) is 48.7 Å². The lowest BCUT2D eigenvalue weighted by atomic mass is 10.0. The molecule has 0 unspecified atom stereocenters. The quantitative estimate of drug-likeness (QED) is 0.522.